The number of rotatable bonds is 12. The Morgan fingerprint density at radius 1 is 0.353 bits per heavy atom. The van der Waals surface area contributed by atoms with Gasteiger partial charge in [0, 0.05) is 39.3 Å². The second-order valence-electron chi connectivity index (χ2n) is 5.24. The highest BCUT2D eigenvalue weighted by Gasteiger charge is 2.26. The van der Waals surface area contributed by atoms with Gasteiger partial charge in [-0.2, -0.15) is 0 Å². The minimum atomic E-state index is -1.68. The molecule has 0 radical (unpaired) electrons. The Labute approximate surface area is 184 Å². The molecule has 0 spiro atoms. The van der Waals surface area contributed by atoms with Crippen LogP contribution in [0.3, 0.4) is 0 Å². The first-order chi connectivity index (χ1) is 16.6. The summed E-state index contributed by atoms with van der Waals surface area (Å²) in [6.45, 7) is 0. The fourth-order valence-corrected chi connectivity index (χ4v) is 2.54. The predicted octanol–water partition coefficient (Wildman–Crippen LogP) is 8.16. The molecule has 0 atom stereocenters. The van der Waals surface area contributed by atoms with Crippen LogP contribution in [0, 0.1) is 0 Å². The molecule has 0 fully saturated rings. The third kappa shape index (κ3) is 6.35. The van der Waals surface area contributed by atoms with E-state index >= 15 is 0 Å². The van der Waals surface area contributed by atoms with Crippen molar-refractivity contribution in [2.45, 2.75) is 24.7 Å². The number of hydrogen-bond donors (Lipinski definition) is 0. The second kappa shape index (κ2) is 13.8. The first kappa shape index (κ1) is 25.7. The predicted molar refractivity (Wildman–Crippen MR) is 111 cm³/mol. The van der Waals surface area contributed by atoms with Gasteiger partial charge in [0.15, 0.2) is 0 Å². The third-order valence-corrected chi connectivity index (χ3v) is 3.69. The van der Waals surface area contributed by atoms with E-state index in [2.05, 4.69) is 80.2 Å². The van der Waals surface area contributed by atoms with E-state index < -0.39 is 24.7 Å². The van der Waals surface area contributed by atoms with Crippen molar-refractivity contribution >= 4 is 0 Å². The van der Waals surface area contributed by atoms with E-state index in [-0.39, 0.29) is 22.3 Å². The van der Waals surface area contributed by atoms with E-state index in [1.807, 2.05) is 0 Å². The minimum Gasteiger partial charge on any atom is -0.0798 e. The Morgan fingerprint density at radius 3 is 0.618 bits per heavy atom. The lowest BCUT2D eigenvalue weighted by Crippen LogP contribution is -2.09. The van der Waals surface area contributed by atoms with E-state index in [9.17, 15) is 0 Å². The van der Waals surface area contributed by atoms with Crippen LogP contribution in [0.25, 0.3) is 83.5 Å². The van der Waals surface area contributed by atoms with Crippen LogP contribution in [0.1, 0.15) is 46.9 Å². The molecular weight excluding hydrogens is 456 g/mol. The highest BCUT2D eigenvalue weighted by atomic mass is 15.3. The molecule has 0 heterocycles. The van der Waals surface area contributed by atoms with Crippen molar-refractivity contribution < 1.29 is 0 Å². The summed E-state index contributed by atoms with van der Waals surface area (Å²) in [5.41, 5.74) is 69.9. The van der Waals surface area contributed by atoms with E-state index in [0.717, 1.165) is 12.1 Å². The molecule has 34 heavy (non-hydrogen) atoms. The molecule has 0 aliphatic rings. The third-order valence-electron chi connectivity index (χ3n) is 3.69. The maximum Gasteiger partial charge on any atom is 0.141 e. The second-order valence-corrected chi connectivity index (χ2v) is 5.24. The first-order valence-corrected chi connectivity index (χ1v) is 8.07. The zero-order valence-corrected chi connectivity index (χ0v) is 16.2. The zero-order chi connectivity index (χ0) is 25.3. The first-order valence-electron chi connectivity index (χ1n) is 8.07. The van der Waals surface area contributed by atoms with Crippen LogP contribution in [-0.4, -0.2) is 0 Å². The van der Waals surface area contributed by atoms with Crippen LogP contribution >= 0.6 is 0 Å². The van der Waals surface area contributed by atoms with Crippen LogP contribution < -0.4 is 0 Å². The maximum absolute atomic E-state index is 8.86. The average Bonchev–Trinajstić information content (AvgIpc) is 2.83. The quantitative estimate of drug-likeness (QED) is 0.161. The van der Waals surface area contributed by atoms with Gasteiger partial charge in [-0.05, 0) is 66.5 Å². The van der Waals surface area contributed by atoms with E-state index in [1.54, 1.807) is 0 Å². The van der Waals surface area contributed by atoms with Crippen LogP contribution in [0.5, 0.6) is 0 Å². The Hall–Kier alpha value is -6.30. The van der Waals surface area contributed by atoms with Crippen molar-refractivity contribution in [2.24, 2.45) is 40.9 Å². The molecule has 1 aromatic carbocycles. The summed E-state index contributed by atoms with van der Waals surface area (Å²) in [6.07, 6.45) is -6.73. The average molecular weight is 462 g/mol. The molecule has 0 aliphatic heterocycles. The summed E-state index contributed by atoms with van der Waals surface area (Å²) in [4.78, 5) is 20.3. The van der Waals surface area contributed by atoms with Gasteiger partial charge in [-0.25, -0.2) is 0 Å². The number of hydrogen-bond acceptors (Lipinski definition) is 8. The Balaban J connectivity index is 4.40. The lowest BCUT2D eigenvalue weighted by Gasteiger charge is -2.22. The standard InChI is InChI=1S/C10H6N24/c11-27-19-7(20-28-12)3-1-4(8(21-29-13)22-30-14)6(10(25-33-17)26-34-18)2-5(3)9(23-31-15)24-32-16/h1-2,7-10H. The van der Waals surface area contributed by atoms with Crippen LogP contribution in [0.15, 0.2) is 53.0 Å². The summed E-state index contributed by atoms with van der Waals surface area (Å²) in [6, 6.07) is 2.04. The lowest BCUT2D eigenvalue weighted by atomic mass is 9.93. The zero-order valence-electron chi connectivity index (χ0n) is 16.2. The molecule has 1 aromatic rings. The molecule has 0 unspecified atom stereocenters. The SMILES string of the molecule is [N-]=[N+]=NC(N=[N+]=[N-])c1cc(C(N=[N+]=[N-])N=[N+]=[N-])c(C(N=[N+]=[N-])N=[N+]=[N-])cc1C(N=[N+]=[N-])N=[N+]=[N-]. The summed E-state index contributed by atoms with van der Waals surface area (Å²) in [5, 5.41) is 26.5. The highest BCUT2D eigenvalue weighted by molar-refractivity contribution is 5.45. The summed E-state index contributed by atoms with van der Waals surface area (Å²) in [7, 11) is 0. The van der Waals surface area contributed by atoms with Gasteiger partial charge in [-0.15, -0.1) is 0 Å². The van der Waals surface area contributed by atoms with E-state index in [1.165, 1.54) is 0 Å². The van der Waals surface area contributed by atoms with Crippen molar-refractivity contribution in [1.29, 1.82) is 0 Å². The molecule has 0 aromatic heterocycles. The van der Waals surface area contributed by atoms with Crippen molar-refractivity contribution in [3.63, 3.8) is 0 Å². The van der Waals surface area contributed by atoms with Gasteiger partial charge in [-0.3, -0.25) is 0 Å². The molecule has 24 heteroatoms. The number of azide groups is 4. The molecule has 1 rings (SSSR count). The highest BCUT2D eigenvalue weighted by Crippen LogP contribution is 2.39. The van der Waals surface area contributed by atoms with Gasteiger partial charge in [0.05, 0.1) is 0 Å². The minimum absolute atomic E-state index is 0.244. The fourth-order valence-electron chi connectivity index (χ4n) is 2.54. The van der Waals surface area contributed by atoms with Crippen LogP contribution in [-0.2, 0) is 0 Å². The molecule has 24 nitrogen and oxygen atoms in total. The largest absolute Gasteiger partial charge is 0.141 e. The van der Waals surface area contributed by atoms with Gasteiger partial charge >= 0.3 is 0 Å². The number of nitrogens with zero attached hydrogens (tertiary/aromatic N) is 24. The van der Waals surface area contributed by atoms with Gasteiger partial charge in [-0.1, -0.05) is 53.0 Å². The fraction of sp³-hybridized carbons (Fsp3) is 0.400. The van der Waals surface area contributed by atoms with Crippen molar-refractivity contribution in [1.82, 2.24) is 0 Å². The topological polar surface area (TPSA) is 390 Å². The molecule has 166 valence electrons. The normalized spacial score (nSPS) is 12.2. The monoisotopic (exact) mass is 462 g/mol. The van der Waals surface area contributed by atoms with E-state index in [4.69, 9.17) is 44.2 Å². The van der Waals surface area contributed by atoms with Crippen molar-refractivity contribution in [3.8, 4) is 0 Å². The van der Waals surface area contributed by atoms with Gasteiger partial charge in [0.25, 0.3) is 0 Å². The molecule has 0 saturated heterocycles. The molecule has 0 N–H and O–H groups in total. The summed E-state index contributed by atoms with van der Waals surface area (Å²) >= 11 is 0. The van der Waals surface area contributed by atoms with Gasteiger partial charge in [0.1, 0.15) is 24.7 Å². The summed E-state index contributed by atoms with van der Waals surface area (Å²) < 4.78 is 0. The molecule has 0 saturated carbocycles. The maximum atomic E-state index is 8.86. The van der Waals surface area contributed by atoms with Crippen molar-refractivity contribution in [3.05, 3.63) is 118 Å². The molecule has 0 amide bonds. The van der Waals surface area contributed by atoms with Gasteiger partial charge in [0.2, 0.25) is 0 Å². The van der Waals surface area contributed by atoms with Crippen molar-refractivity contribution in [2.75, 3.05) is 0 Å². The van der Waals surface area contributed by atoms with Gasteiger partial charge < -0.3 is 0 Å². The van der Waals surface area contributed by atoms with Crippen LogP contribution in [0.4, 0.5) is 0 Å². The van der Waals surface area contributed by atoms with E-state index in [0.29, 0.717) is 0 Å². The number of benzene rings is 1. The molecule has 0 bridgehead atoms. The summed E-state index contributed by atoms with van der Waals surface area (Å²) in [5.74, 6) is 0. The molecular formula is C10H6N24. The van der Waals surface area contributed by atoms with Crippen LogP contribution in [0.2, 0.25) is 0 Å². The Morgan fingerprint density at radius 2 is 0.500 bits per heavy atom. The smallest absolute Gasteiger partial charge is 0.0798 e. The lowest BCUT2D eigenvalue weighted by molar-refractivity contribution is 0.660. The molecule has 0 aliphatic carbocycles. The Bertz CT molecular complexity index is 1050. The Kier molecular flexibility index (Phi) is 10.5.